The summed E-state index contributed by atoms with van der Waals surface area (Å²) in [4.78, 5) is 13.5. The first-order chi connectivity index (χ1) is 9.32. The number of ether oxygens (including phenoxy) is 1. The van der Waals surface area contributed by atoms with E-state index in [-0.39, 0.29) is 0 Å². The highest BCUT2D eigenvalue weighted by atomic mass is 32.2. The van der Waals surface area contributed by atoms with Gasteiger partial charge < -0.3 is 14.7 Å². The molecule has 0 saturated carbocycles. The van der Waals surface area contributed by atoms with Crippen molar-refractivity contribution >= 4 is 16.1 Å². The molecule has 1 fully saturated rings. The molecular formula is C13H26N2O5S. The number of nitrogens with zero attached hydrogens (tertiary/aromatic N) is 1. The number of likely N-dealkylation sites (tertiary alicyclic amines) is 1. The van der Waals surface area contributed by atoms with Crippen molar-refractivity contribution in [3.63, 3.8) is 0 Å². The zero-order chi connectivity index (χ0) is 16.5. The van der Waals surface area contributed by atoms with Gasteiger partial charge in [-0.05, 0) is 40.5 Å². The Balaban J connectivity index is 2.60. The minimum absolute atomic E-state index is 0.302. The molecule has 1 heterocycles. The van der Waals surface area contributed by atoms with Gasteiger partial charge >= 0.3 is 6.09 Å². The molecule has 8 heteroatoms. The van der Waals surface area contributed by atoms with Crippen LogP contribution < -0.4 is 4.72 Å². The van der Waals surface area contributed by atoms with E-state index in [9.17, 15) is 18.3 Å². The lowest BCUT2D eigenvalue weighted by molar-refractivity contribution is -0.0465. The van der Waals surface area contributed by atoms with Gasteiger partial charge in [0.1, 0.15) is 5.60 Å². The van der Waals surface area contributed by atoms with E-state index in [2.05, 4.69) is 4.72 Å². The Labute approximate surface area is 126 Å². The summed E-state index contributed by atoms with van der Waals surface area (Å²) in [5.74, 6) is 0. The second-order valence-electron chi connectivity index (χ2n) is 6.68. The first-order valence-corrected chi connectivity index (χ1v) is 8.89. The van der Waals surface area contributed by atoms with Crippen molar-refractivity contribution in [3.05, 3.63) is 0 Å². The molecule has 0 aliphatic carbocycles. The number of nitrogens with one attached hydrogen (secondary N) is 1. The first kappa shape index (κ1) is 18.2. The molecule has 0 bridgehead atoms. The van der Waals surface area contributed by atoms with Crippen LogP contribution >= 0.6 is 0 Å². The number of carbonyl (C=O) groups is 1. The lowest BCUT2D eigenvalue weighted by Crippen LogP contribution is -2.57. The lowest BCUT2D eigenvalue weighted by atomic mass is 9.86. The number of carbonyl (C=O) groups excluding carboxylic acids is 1. The van der Waals surface area contributed by atoms with Crippen LogP contribution in [0.4, 0.5) is 4.79 Å². The minimum Gasteiger partial charge on any atom is -0.444 e. The molecule has 1 aliphatic heterocycles. The molecule has 124 valence electrons. The molecule has 1 rings (SSSR count). The summed E-state index contributed by atoms with van der Waals surface area (Å²) in [6.45, 7) is 7.68. The molecule has 1 saturated heterocycles. The van der Waals surface area contributed by atoms with Crippen molar-refractivity contribution < 1.29 is 23.1 Å². The summed E-state index contributed by atoms with van der Waals surface area (Å²) in [6.07, 6.45) is 1.25. The van der Waals surface area contributed by atoms with E-state index in [1.807, 2.05) is 0 Å². The maximum atomic E-state index is 11.9. The number of hydrogen-bond donors (Lipinski definition) is 2. The molecule has 1 unspecified atom stereocenters. The topological polar surface area (TPSA) is 95.9 Å². The van der Waals surface area contributed by atoms with E-state index in [1.165, 1.54) is 4.90 Å². The summed E-state index contributed by atoms with van der Waals surface area (Å²) < 4.78 is 30.2. The summed E-state index contributed by atoms with van der Waals surface area (Å²) in [7, 11) is -3.38. The summed E-state index contributed by atoms with van der Waals surface area (Å²) >= 11 is 0. The van der Waals surface area contributed by atoms with Crippen molar-refractivity contribution in [2.24, 2.45) is 0 Å². The molecule has 21 heavy (non-hydrogen) atoms. The normalized spacial score (nSPS) is 21.0. The fourth-order valence-corrected chi connectivity index (χ4v) is 3.13. The van der Waals surface area contributed by atoms with Gasteiger partial charge in [0, 0.05) is 19.1 Å². The van der Waals surface area contributed by atoms with E-state index in [0.29, 0.717) is 25.9 Å². The molecule has 0 aromatic heterocycles. The van der Waals surface area contributed by atoms with Crippen molar-refractivity contribution in [3.8, 4) is 0 Å². The smallest absolute Gasteiger partial charge is 0.410 e. The van der Waals surface area contributed by atoms with Crippen LogP contribution in [0.3, 0.4) is 0 Å². The van der Waals surface area contributed by atoms with Crippen LogP contribution in [0, 0.1) is 0 Å². The third-order valence-electron chi connectivity index (χ3n) is 3.48. The average Bonchev–Trinajstić information content (AvgIpc) is 2.25. The van der Waals surface area contributed by atoms with E-state index in [4.69, 9.17) is 4.74 Å². The largest absolute Gasteiger partial charge is 0.444 e. The minimum atomic E-state index is -3.38. The summed E-state index contributed by atoms with van der Waals surface area (Å²) in [5, 5.41) is 10.5. The van der Waals surface area contributed by atoms with Crippen LogP contribution in [0.25, 0.3) is 0 Å². The average molecular weight is 322 g/mol. The van der Waals surface area contributed by atoms with Gasteiger partial charge in [-0.15, -0.1) is 0 Å². The highest BCUT2D eigenvalue weighted by Gasteiger charge is 2.40. The monoisotopic (exact) mass is 322 g/mol. The molecule has 2 N–H and O–H groups in total. The van der Waals surface area contributed by atoms with Gasteiger partial charge in [-0.3, -0.25) is 0 Å². The third kappa shape index (κ3) is 5.80. The van der Waals surface area contributed by atoms with Crippen LogP contribution in [-0.2, 0) is 14.8 Å². The molecular weight excluding hydrogens is 296 g/mol. The fraction of sp³-hybridized carbons (Fsp3) is 0.923. The Morgan fingerprint density at radius 1 is 1.33 bits per heavy atom. The molecule has 0 aromatic carbocycles. The van der Waals surface area contributed by atoms with Gasteiger partial charge in [-0.2, -0.15) is 0 Å². The van der Waals surface area contributed by atoms with E-state index < -0.39 is 33.4 Å². The van der Waals surface area contributed by atoms with E-state index in [0.717, 1.165) is 6.26 Å². The Hall–Kier alpha value is -0.860. The predicted octanol–water partition coefficient (Wildman–Crippen LogP) is 0.686. The second kappa shape index (κ2) is 6.10. The third-order valence-corrected chi connectivity index (χ3v) is 4.26. The second-order valence-corrected chi connectivity index (χ2v) is 8.46. The van der Waals surface area contributed by atoms with Gasteiger partial charge in [-0.1, -0.05) is 0 Å². The molecule has 1 amide bonds. The Kier molecular flexibility index (Phi) is 5.28. The van der Waals surface area contributed by atoms with Crippen LogP contribution in [-0.4, -0.2) is 61.1 Å². The lowest BCUT2D eigenvalue weighted by Gasteiger charge is -2.41. The van der Waals surface area contributed by atoms with Crippen molar-refractivity contribution in [1.82, 2.24) is 9.62 Å². The van der Waals surface area contributed by atoms with E-state index in [1.54, 1.807) is 27.7 Å². The first-order valence-electron chi connectivity index (χ1n) is 7.00. The highest BCUT2D eigenvalue weighted by Crippen LogP contribution is 2.27. The summed E-state index contributed by atoms with van der Waals surface area (Å²) in [6, 6.07) is -0.603. The van der Waals surface area contributed by atoms with Gasteiger partial charge in [0.2, 0.25) is 10.0 Å². The molecule has 0 spiro atoms. The fourth-order valence-electron chi connectivity index (χ4n) is 2.27. The van der Waals surface area contributed by atoms with Crippen LogP contribution in [0.1, 0.15) is 40.5 Å². The van der Waals surface area contributed by atoms with Gasteiger partial charge in [0.15, 0.2) is 0 Å². The van der Waals surface area contributed by atoms with Crippen molar-refractivity contribution in [2.45, 2.75) is 57.8 Å². The molecule has 0 aromatic rings. The Morgan fingerprint density at radius 2 is 1.81 bits per heavy atom. The quantitative estimate of drug-likeness (QED) is 0.797. The van der Waals surface area contributed by atoms with Crippen LogP contribution in [0.2, 0.25) is 0 Å². The zero-order valence-electron chi connectivity index (χ0n) is 13.3. The molecule has 1 aliphatic rings. The van der Waals surface area contributed by atoms with E-state index >= 15 is 0 Å². The Morgan fingerprint density at radius 3 is 2.19 bits per heavy atom. The maximum absolute atomic E-state index is 11.9. The van der Waals surface area contributed by atoms with Crippen LogP contribution in [0.5, 0.6) is 0 Å². The number of rotatable bonds is 3. The number of piperidine rings is 1. The number of amides is 1. The number of aliphatic hydroxyl groups is 1. The molecule has 1 atom stereocenters. The molecule has 7 nitrogen and oxygen atoms in total. The van der Waals surface area contributed by atoms with Gasteiger partial charge in [-0.25, -0.2) is 17.9 Å². The van der Waals surface area contributed by atoms with Crippen molar-refractivity contribution in [2.75, 3.05) is 19.3 Å². The zero-order valence-corrected chi connectivity index (χ0v) is 14.2. The number of hydrogen-bond acceptors (Lipinski definition) is 5. The van der Waals surface area contributed by atoms with Gasteiger partial charge in [0.25, 0.3) is 0 Å². The standard InChI is InChI=1S/C13H26N2O5S/c1-10(14-21(5,18)19)13(17)6-8-15(9-7-13)11(16)20-12(2,3)4/h10,14,17H,6-9H2,1-5H3. The van der Waals surface area contributed by atoms with Crippen molar-refractivity contribution in [1.29, 1.82) is 0 Å². The van der Waals surface area contributed by atoms with Crippen LogP contribution in [0.15, 0.2) is 0 Å². The predicted molar refractivity (Wildman–Crippen MR) is 79.4 cm³/mol. The van der Waals surface area contributed by atoms with Gasteiger partial charge in [0.05, 0.1) is 11.9 Å². The highest BCUT2D eigenvalue weighted by molar-refractivity contribution is 7.88. The maximum Gasteiger partial charge on any atom is 0.410 e. The summed E-state index contributed by atoms with van der Waals surface area (Å²) in [5.41, 5.74) is -1.71. The molecule has 0 radical (unpaired) electrons. The Bertz CT molecular complexity index is 475. The number of sulfonamides is 1. The SMILES string of the molecule is CC(NS(C)(=O)=O)C1(O)CCN(C(=O)OC(C)(C)C)CC1.